The summed E-state index contributed by atoms with van der Waals surface area (Å²) in [7, 11) is 0. The number of hydrogen-bond acceptors (Lipinski definition) is 4. The van der Waals surface area contributed by atoms with E-state index in [1.54, 1.807) is 25.7 Å². The van der Waals surface area contributed by atoms with E-state index < -0.39 is 17.3 Å². The number of rotatable bonds is 3. The second-order valence-electron chi connectivity index (χ2n) is 7.01. The molecule has 5 nitrogen and oxygen atoms in total. The average molecular weight is 380 g/mol. The van der Waals surface area contributed by atoms with Crippen LogP contribution < -0.4 is 5.32 Å². The molecule has 1 aliphatic heterocycles. The topological polar surface area (TPSA) is 54.5 Å². The minimum Gasteiger partial charge on any atom is -0.444 e. The zero-order valence-corrected chi connectivity index (χ0v) is 15.0. The maximum Gasteiger partial charge on any atom is 0.417 e. The molecule has 25 heavy (non-hydrogen) atoms. The van der Waals surface area contributed by atoms with E-state index in [1.807, 2.05) is 0 Å². The molecule has 1 aromatic rings. The van der Waals surface area contributed by atoms with E-state index in [0.717, 1.165) is 18.7 Å². The van der Waals surface area contributed by atoms with Crippen molar-refractivity contribution >= 4 is 23.5 Å². The highest BCUT2D eigenvalue weighted by Crippen LogP contribution is 2.32. The third-order valence-electron chi connectivity index (χ3n) is 3.66. The quantitative estimate of drug-likeness (QED) is 0.844. The molecule has 0 bridgehead atoms. The Hall–Kier alpha value is -1.70. The van der Waals surface area contributed by atoms with E-state index in [2.05, 4.69) is 10.3 Å². The van der Waals surface area contributed by atoms with Crippen molar-refractivity contribution in [3.8, 4) is 0 Å². The van der Waals surface area contributed by atoms with E-state index in [-0.39, 0.29) is 22.9 Å². The second-order valence-corrected chi connectivity index (χ2v) is 7.42. The predicted molar refractivity (Wildman–Crippen MR) is 88.7 cm³/mol. The third-order valence-corrected chi connectivity index (χ3v) is 3.95. The molecule has 0 aliphatic carbocycles. The number of anilines is 1. The maximum atomic E-state index is 12.6. The molecule has 1 aliphatic rings. The number of carbonyl (C=O) groups is 1. The van der Waals surface area contributed by atoms with Crippen molar-refractivity contribution in [3.63, 3.8) is 0 Å². The van der Waals surface area contributed by atoms with Crippen LogP contribution in [0.4, 0.5) is 23.8 Å². The van der Waals surface area contributed by atoms with Crippen LogP contribution in [0.2, 0.25) is 5.02 Å². The molecule has 1 N–H and O–H groups in total. The molecule has 1 saturated heterocycles. The number of aromatic nitrogens is 1. The number of ether oxygens (including phenoxy) is 1. The Kier molecular flexibility index (Phi) is 5.71. The summed E-state index contributed by atoms with van der Waals surface area (Å²) in [5.74, 6) is 0.345. The lowest BCUT2D eigenvalue weighted by molar-refractivity contribution is -0.137. The first-order valence-corrected chi connectivity index (χ1v) is 8.28. The van der Waals surface area contributed by atoms with Gasteiger partial charge in [-0.05, 0) is 39.2 Å². The summed E-state index contributed by atoms with van der Waals surface area (Å²) in [6, 6.07) is 0.846. The summed E-state index contributed by atoms with van der Waals surface area (Å²) < 4.78 is 43.1. The van der Waals surface area contributed by atoms with Gasteiger partial charge in [-0.25, -0.2) is 9.78 Å². The first-order chi connectivity index (χ1) is 11.5. The smallest absolute Gasteiger partial charge is 0.417 e. The second kappa shape index (κ2) is 7.27. The third kappa shape index (κ3) is 5.66. The molecule has 1 amide bonds. The maximum absolute atomic E-state index is 12.6. The number of nitrogens with one attached hydrogen (secondary N) is 1. The normalized spacial score (nSPS) is 18.4. The van der Waals surface area contributed by atoms with Crippen LogP contribution in [0.25, 0.3) is 0 Å². The molecular formula is C16H21ClF3N3O2. The van der Waals surface area contributed by atoms with Crippen molar-refractivity contribution < 1.29 is 22.7 Å². The van der Waals surface area contributed by atoms with Gasteiger partial charge in [0.15, 0.2) is 0 Å². The fourth-order valence-electron chi connectivity index (χ4n) is 2.46. The molecule has 1 atom stereocenters. The molecule has 0 radical (unpaired) electrons. The van der Waals surface area contributed by atoms with Crippen LogP contribution in [-0.4, -0.2) is 41.2 Å². The summed E-state index contributed by atoms with van der Waals surface area (Å²) >= 11 is 5.86. The molecule has 0 saturated carbocycles. The van der Waals surface area contributed by atoms with Gasteiger partial charge in [0.1, 0.15) is 11.4 Å². The zero-order chi connectivity index (χ0) is 18.8. The summed E-state index contributed by atoms with van der Waals surface area (Å²) in [6.07, 6.45) is -3.32. The van der Waals surface area contributed by atoms with Gasteiger partial charge < -0.3 is 15.0 Å². The lowest BCUT2D eigenvalue weighted by atomic mass is 10.1. The van der Waals surface area contributed by atoms with Crippen LogP contribution in [0, 0.1) is 5.92 Å². The Bertz CT molecular complexity index is 632. The first-order valence-electron chi connectivity index (χ1n) is 7.90. The summed E-state index contributed by atoms with van der Waals surface area (Å²) in [5.41, 5.74) is -1.44. The highest BCUT2D eigenvalue weighted by molar-refractivity contribution is 6.32. The average Bonchev–Trinajstić information content (AvgIpc) is 2.92. The van der Waals surface area contributed by atoms with Crippen LogP contribution in [0.1, 0.15) is 32.8 Å². The molecule has 9 heteroatoms. The van der Waals surface area contributed by atoms with Gasteiger partial charge in [-0.15, -0.1) is 0 Å². The van der Waals surface area contributed by atoms with Crippen LogP contribution >= 0.6 is 11.6 Å². The molecule has 140 valence electrons. The monoisotopic (exact) mass is 379 g/mol. The molecule has 1 fully saturated rings. The Morgan fingerprint density at radius 1 is 1.44 bits per heavy atom. The Labute approximate surface area is 149 Å². The van der Waals surface area contributed by atoms with Crippen LogP contribution in [0.3, 0.4) is 0 Å². The van der Waals surface area contributed by atoms with Gasteiger partial charge in [0.2, 0.25) is 0 Å². The van der Waals surface area contributed by atoms with Gasteiger partial charge in [-0.1, -0.05) is 11.6 Å². The van der Waals surface area contributed by atoms with Gasteiger partial charge >= 0.3 is 12.3 Å². The lowest BCUT2D eigenvalue weighted by Gasteiger charge is -2.24. The molecule has 0 aromatic carbocycles. The van der Waals surface area contributed by atoms with Crippen LogP contribution in [0.15, 0.2) is 12.3 Å². The number of hydrogen-bond donors (Lipinski definition) is 1. The number of pyridine rings is 1. The fraction of sp³-hybridized carbons (Fsp3) is 0.625. The van der Waals surface area contributed by atoms with Gasteiger partial charge in [0.25, 0.3) is 0 Å². The van der Waals surface area contributed by atoms with Gasteiger partial charge in [-0.3, -0.25) is 0 Å². The summed E-state index contributed by atoms with van der Waals surface area (Å²) in [4.78, 5) is 17.4. The zero-order valence-electron chi connectivity index (χ0n) is 14.3. The number of likely N-dealkylation sites (tertiary alicyclic amines) is 1. The van der Waals surface area contributed by atoms with E-state index >= 15 is 0 Å². The number of alkyl halides is 3. The van der Waals surface area contributed by atoms with Gasteiger partial charge in [-0.2, -0.15) is 13.2 Å². The number of carbonyl (C=O) groups excluding carboxylic acids is 1. The summed E-state index contributed by atoms with van der Waals surface area (Å²) in [6.45, 7) is 6.96. The predicted octanol–water partition coefficient (Wildman–Crippen LogP) is 4.42. The van der Waals surface area contributed by atoms with E-state index in [4.69, 9.17) is 16.3 Å². The van der Waals surface area contributed by atoms with Crippen molar-refractivity contribution in [3.05, 3.63) is 22.8 Å². The van der Waals surface area contributed by atoms with E-state index in [1.165, 1.54) is 0 Å². The molecule has 0 spiro atoms. The van der Waals surface area contributed by atoms with Crippen LogP contribution in [-0.2, 0) is 10.9 Å². The van der Waals surface area contributed by atoms with Gasteiger partial charge in [0.05, 0.1) is 10.6 Å². The molecule has 2 rings (SSSR count). The number of amides is 1. The summed E-state index contributed by atoms with van der Waals surface area (Å²) in [5, 5.41) is 2.87. The van der Waals surface area contributed by atoms with Gasteiger partial charge in [0, 0.05) is 25.8 Å². The minimum absolute atomic E-state index is 0.0863. The van der Waals surface area contributed by atoms with Crippen molar-refractivity contribution in [1.82, 2.24) is 9.88 Å². The van der Waals surface area contributed by atoms with E-state index in [0.29, 0.717) is 19.6 Å². The van der Waals surface area contributed by atoms with E-state index in [9.17, 15) is 18.0 Å². The lowest BCUT2D eigenvalue weighted by Crippen LogP contribution is -2.35. The fourth-order valence-corrected chi connectivity index (χ4v) is 2.69. The highest BCUT2D eigenvalue weighted by atomic mass is 35.5. The Balaban J connectivity index is 1.88. The van der Waals surface area contributed by atoms with Crippen LogP contribution in [0.5, 0.6) is 0 Å². The SMILES string of the molecule is CC(C)(C)OC(=O)N1CC[C@H](CNc2ncc(C(F)(F)F)cc2Cl)C1. The Morgan fingerprint density at radius 3 is 2.68 bits per heavy atom. The molecule has 2 heterocycles. The van der Waals surface area contributed by atoms with Crippen molar-refractivity contribution in [2.24, 2.45) is 5.92 Å². The van der Waals surface area contributed by atoms with Crippen molar-refractivity contribution in [2.75, 3.05) is 25.0 Å². The van der Waals surface area contributed by atoms with Crippen molar-refractivity contribution in [2.45, 2.75) is 39.0 Å². The highest BCUT2D eigenvalue weighted by Gasteiger charge is 2.32. The largest absolute Gasteiger partial charge is 0.444 e. The standard InChI is InChI=1S/C16H21ClF3N3O2/c1-15(2,3)25-14(24)23-5-4-10(9-23)7-21-13-12(17)6-11(8-22-13)16(18,19)20/h6,8,10H,4-5,7,9H2,1-3H3,(H,21,22)/t10-/m1/s1. The number of halogens is 4. The van der Waals surface area contributed by atoms with Crippen molar-refractivity contribution in [1.29, 1.82) is 0 Å². The molecular weight excluding hydrogens is 359 g/mol. The first kappa shape index (κ1) is 19.6. The molecule has 1 aromatic heterocycles. The molecule has 0 unspecified atom stereocenters. The Morgan fingerprint density at radius 2 is 2.12 bits per heavy atom. The number of nitrogens with zero attached hydrogens (tertiary/aromatic N) is 2. The minimum atomic E-state index is -4.48.